The fourth-order valence-corrected chi connectivity index (χ4v) is 2.35. The zero-order chi connectivity index (χ0) is 15.2. The van der Waals surface area contributed by atoms with Crippen LogP contribution in [0.15, 0.2) is 16.5 Å². The first-order chi connectivity index (χ1) is 9.28. The van der Waals surface area contributed by atoms with E-state index in [1.807, 2.05) is 26.8 Å². The van der Waals surface area contributed by atoms with Gasteiger partial charge in [0.1, 0.15) is 11.5 Å². The van der Waals surface area contributed by atoms with E-state index in [1.54, 1.807) is 0 Å². The molecule has 0 aliphatic rings. The van der Waals surface area contributed by atoms with Crippen molar-refractivity contribution >= 4 is 0 Å². The van der Waals surface area contributed by atoms with Gasteiger partial charge in [-0.15, -0.1) is 0 Å². The molecule has 0 aliphatic heterocycles. The minimum atomic E-state index is -0.536. The van der Waals surface area contributed by atoms with Crippen molar-refractivity contribution in [2.24, 2.45) is 0 Å². The highest BCUT2D eigenvalue weighted by atomic mass is 16.3. The molecule has 2 atom stereocenters. The van der Waals surface area contributed by atoms with Crippen molar-refractivity contribution in [1.82, 2.24) is 5.32 Å². The predicted octanol–water partition coefficient (Wildman–Crippen LogP) is 4.00. The molecular formula is C17H31NO2. The Kier molecular flexibility index (Phi) is 6.77. The van der Waals surface area contributed by atoms with E-state index in [0.29, 0.717) is 12.0 Å². The lowest BCUT2D eigenvalue weighted by atomic mass is 9.99. The van der Waals surface area contributed by atoms with E-state index < -0.39 is 5.60 Å². The summed E-state index contributed by atoms with van der Waals surface area (Å²) in [6, 6.07) is 4.61. The molecule has 0 aromatic carbocycles. The number of rotatable bonds is 9. The van der Waals surface area contributed by atoms with Gasteiger partial charge in [-0.25, -0.2) is 0 Å². The highest BCUT2D eigenvalue weighted by molar-refractivity contribution is 5.09. The summed E-state index contributed by atoms with van der Waals surface area (Å²) in [6.07, 6.45) is 4.12. The maximum Gasteiger partial charge on any atom is 0.107 e. The fourth-order valence-electron chi connectivity index (χ4n) is 2.35. The Labute approximate surface area is 123 Å². The molecule has 0 unspecified atom stereocenters. The van der Waals surface area contributed by atoms with E-state index in [9.17, 15) is 5.11 Å². The van der Waals surface area contributed by atoms with Crippen molar-refractivity contribution in [3.8, 4) is 0 Å². The minimum Gasteiger partial charge on any atom is -0.466 e. The zero-order valence-electron chi connectivity index (χ0n) is 13.7. The van der Waals surface area contributed by atoms with Crippen molar-refractivity contribution in [3.63, 3.8) is 0 Å². The molecule has 2 N–H and O–H groups in total. The van der Waals surface area contributed by atoms with Crippen LogP contribution in [0, 0.1) is 6.92 Å². The van der Waals surface area contributed by atoms with Gasteiger partial charge in [-0.2, -0.15) is 0 Å². The fraction of sp³-hybridized carbons (Fsp3) is 0.765. The van der Waals surface area contributed by atoms with Crippen molar-refractivity contribution < 1.29 is 9.52 Å². The lowest BCUT2D eigenvalue weighted by Crippen LogP contribution is -2.28. The second-order valence-electron chi connectivity index (χ2n) is 6.70. The Morgan fingerprint density at radius 1 is 1.25 bits per heavy atom. The van der Waals surface area contributed by atoms with E-state index in [1.165, 1.54) is 0 Å². The Hall–Kier alpha value is -0.800. The van der Waals surface area contributed by atoms with Gasteiger partial charge in [0, 0.05) is 12.0 Å². The molecule has 1 heterocycles. The molecule has 3 nitrogen and oxygen atoms in total. The summed E-state index contributed by atoms with van der Waals surface area (Å²) < 4.78 is 5.65. The first-order valence-corrected chi connectivity index (χ1v) is 7.80. The van der Waals surface area contributed by atoms with Gasteiger partial charge in [0.2, 0.25) is 0 Å². The van der Waals surface area contributed by atoms with Gasteiger partial charge in [0.15, 0.2) is 0 Å². The first-order valence-electron chi connectivity index (χ1n) is 7.80. The molecular weight excluding hydrogens is 250 g/mol. The molecule has 1 aromatic rings. The summed E-state index contributed by atoms with van der Waals surface area (Å²) in [6.45, 7) is 11.2. The molecule has 20 heavy (non-hydrogen) atoms. The lowest BCUT2D eigenvalue weighted by molar-refractivity contribution is 0.0675. The second kappa shape index (κ2) is 7.84. The molecule has 0 fully saturated rings. The SMILES string of the molecule is Cc1ccc([C@H](C)CCN[C@@H](C)CCCC(C)(C)O)o1. The number of aryl methyl sites for hydroxylation is 1. The largest absolute Gasteiger partial charge is 0.466 e. The summed E-state index contributed by atoms with van der Waals surface area (Å²) in [5.41, 5.74) is -0.536. The monoisotopic (exact) mass is 281 g/mol. The summed E-state index contributed by atoms with van der Waals surface area (Å²) in [5, 5.41) is 13.2. The quantitative estimate of drug-likeness (QED) is 0.719. The van der Waals surface area contributed by atoms with Crippen LogP contribution in [0.25, 0.3) is 0 Å². The molecule has 0 saturated heterocycles. The van der Waals surface area contributed by atoms with Crippen LogP contribution in [0.1, 0.15) is 70.8 Å². The van der Waals surface area contributed by atoms with E-state index in [2.05, 4.69) is 25.2 Å². The molecule has 0 spiro atoms. The molecule has 3 heteroatoms. The first kappa shape index (κ1) is 17.3. The second-order valence-corrected chi connectivity index (χ2v) is 6.70. The van der Waals surface area contributed by atoms with Crippen molar-refractivity contribution in [2.75, 3.05) is 6.54 Å². The van der Waals surface area contributed by atoms with Gasteiger partial charge in [-0.05, 0) is 72.1 Å². The number of aliphatic hydroxyl groups is 1. The Morgan fingerprint density at radius 3 is 2.50 bits per heavy atom. The lowest BCUT2D eigenvalue weighted by Gasteiger charge is -2.19. The minimum absolute atomic E-state index is 0.458. The van der Waals surface area contributed by atoms with Gasteiger partial charge in [0.05, 0.1) is 5.60 Å². The van der Waals surface area contributed by atoms with Crippen LogP contribution in [0.4, 0.5) is 0 Å². The molecule has 0 aliphatic carbocycles. The normalized spacial score (nSPS) is 15.3. The van der Waals surface area contributed by atoms with Crippen LogP contribution in [-0.2, 0) is 0 Å². The Bertz CT molecular complexity index is 379. The highest BCUT2D eigenvalue weighted by Crippen LogP contribution is 2.20. The topological polar surface area (TPSA) is 45.4 Å². The van der Waals surface area contributed by atoms with Crippen LogP contribution in [0.2, 0.25) is 0 Å². The van der Waals surface area contributed by atoms with Crippen LogP contribution < -0.4 is 5.32 Å². The predicted molar refractivity (Wildman–Crippen MR) is 84.1 cm³/mol. The van der Waals surface area contributed by atoms with Gasteiger partial charge in [-0.1, -0.05) is 6.92 Å². The molecule has 1 aromatic heterocycles. The number of hydrogen-bond donors (Lipinski definition) is 2. The average Bonchev–Trinajstić information content (AvgIpc) is 2.74. The molecule has 0 saturated carbocycles. The van der Waals surface area contributed by atoms with Crippen molar-refractivity contribution in [2.45, 2.75) is 77.9 Å². The van der Waals surface area contributed by atoms with Gasteiger partial charge in [-0.3, -0.25) is 0 Å². The smallest absolute Gasteiger partial charge is 0.107 e. The van der Waals surface area contributed by atoms with E-state index >= 15 is 0 Å². The Balaban J connectivity index is 2.14. The van der Waals surface area contributed by atoms with Gasteiger partial charge in [0.25, 0.3) is 0 Å². The number of nitrogens with one attached hydrogen (secondary N) is 1. The summed E-state index contributed by atoms with van der Waals surface area (Å²) in [7, 11) is 0. The molecule has 0 radical (unpaired) electrons. The Morgan fingerprint density at radius 2 is 1.95 bits per heavy atom. The highest BCUT2D eigenvalue weighted by Gasteiger charge is 2.13. The van der Waals surface area contributed by atoms with Crippen molar-refractivity contribution in [1.29, 1.82) is 0 Å². The summed E-state index contributed by atoms with van der Waals surface area (Å²) in [4.78, 5) is 0. The molecule has 0 amide bonds. The maximum absolute atomic E-state index is 9.68. The maximum atomic E-state index is 9.68. The zero-order valence-corrected chi connectivity index (χ0v) is 13.7. The van der Waals surface area contributed by atoms with Crippen LogP contribution in [0.5, 0.6) is 0 Å². The summed E-state index contributed by atoms with van der Waals surface area (Å²) >= 11 is 0. The molecule has 116 valence electrons. The molecule has 1 rings (SSSR count). The third kappa shape index (κ3) is 7.11. The average molecular weight is 281 g/mol. The van der Waals surface area contributed by atoms with E-state index in [0.717, 1.165) is 43.7 Å². The van der Waals surface area contributed by atoms with E-state index in [-0.39, 0.29) is 0 Å². The number of furan rings is 1. The van der Waals surface area contributed by atoms with Gasteiger partial charge >= 0.3 is 0 Å². The third-order valence-electron chi connectivity index (χ3n) is 3.74. The van der Waals surface area contributed by atoms with Crippen LogP contribution in [-0.4, -0.2) is 23.3 Å². The standard InChI is InChI=1S/C17H31NO2/c1-13(16-9-8-15(3)20-16)10-12-18-14(2)7-6-11-17(4,5)19/h8-9,13-14,18-19H,6-7,10-12H2,1-5H3/t13-,14+/m1/s1. The van der Waals surface area contributed by atoms with Crippen LogP contribution >= 0.6 is 0 Å². The number of hydrogen-bond acceptors (Lipinski definition) is 3. The van der Waals surface area contributed by atoms with Crippen LogP contribution in [0.3, 0.4) is 0 Å². The van der Waals surface area contributed by atoms with Crippen molar-refractivity contribution in [3.05, 3.63) is 23.7 Å². The third-order valence-corrected chi connectivity index (χ3v) is 3.74. The van der Waals surface area contributed by atoms with Gasteiger partial charge < -0.3 is 14.8 Å². The molecule has 0 bridgehead atoms. The van der Waals surface area contributed by atoms with E-state index in [4.69, 9.17) is 4.42 Å². The summed E-state index contributed by atoms with van der Waals surface area (Å²) in [5.74, 6) is 2.53.